The van der Waals surface area contributed by atoms with E-state index in [2.05, 4.69) is 14.7 Å². The molecular weight excluding hydrogens is 206 g/mol. The Labute approximate surface area is 92.6 Å². The summed E-state index contributed by atoms with van der Waals surface area (Å²) >= 11 is 0. The lowest BCUT2D eigenvalue weighted by atomic mass is 10.1. The van der Waals surface area contributed by atoms with Crippen molar-refractivity contribution in [3.63, 3.8) is 0 Å². The smallest absolute Gasteiger partial charge is 0.307 e. The molecule has 0 aliphatic carbocycles. The van der Waals surface area contributed by atoms with Gasteiger partial charge in [-0.2, -0.15) is 0 Å². The van der Waals surface area contributed by atoms with Gasteiger partial charge in [0.2, 0.25) is 0 Å². The van der Waals surface area contributed by atoms with Gasteiger partial charge in [0.15, 0.2) is 0 Å². The summed E-state index contributed by atoms with van der Waals surface area (Å²) in [4.78, 5) is 18.3. The minimum absolute atomic E-state index is 0.161. The fourth-order valence-electron chi connectivity index (χ4n) is 1.54. The van der Waals surface area contributed by atoms with Crippen molar-refractivity contribution >= 4 is 17.0 Å². The van der Waals surface area contributed by atoms with E-state index in [1.807, 2.05) is 18.3 Å². The minimum atomic E-state index is -0.376. The molecule has 0 unspecified atom stereocenters. The van der Waals surface area contributed by atoms with Crippen molar-refractivity contribution in [3.8, 4) is 0 Å². The summed E-state index contributed by atoms with van der Waals surface area (Å²) in [6.07, 6.45) is 3.65. The molecule has 0 spiro atoms. The molecule has 0 fully saturated rings. The molecule has 16 heavy (non-hydrogen) atoms. The molecule has 0 radical (unpaired) electrons. The number of pyridine rings is 1. The van der Waals surface area contributed by atoms with Gasteiger partial charge in [0.25, 0.3) is 0 Å². The zero-order valence-electron chi connectivity index (χ0n) is 8.93. The van der Waals surface area contributed by atoms with Crippen molar-refractivity contribution in [1.82, 2.24) is 9.97 Å². The van der Waals surface area contributed by atoms with Crippen LogP contribution in [0.5, 0.6) is 0 Å². The lowest BCUT2D eigenvalue weighted by Crippen LogP contribution is -2.16. The van der Waals surface area contributed by atoms with E-state index in [1.165, 1.54) is 7.11 Å². The molecule has 5 heteroatoms. The zero-order valence-corrected chi connectivity index (χ0v) is 8.93. The lowest BCUT2D eigenvalue weighted by molar-refractivity contribution is -0.141. The second-order valence-corrected chi connectivity index (χ2v) is 3.57. The second-order valence-electron chi connectivity index (χ2n) is 3.57. The maximum Gasteiger partial charge on any atom is 0.307 e. The molecule has 84 valence electrons. The molecule has 0 saturated heterocycles. The van der Waals surface area contributed by atoms with Crippen LogP contribution in [0.3, 0.4) is 0 Å². The van der Waals surface area contributed by atoms with Gasteiger partial charge in [-0.15, -0.1) is 0 Å². The predicted molar refractivity (Wildman–Crippen MR) is 59.7 cm³/mol. The quantitative estimate of drug-likeness (QED) is 0.758. The van der Waals surface area contributed by atoms with Crippen molar-refractivity contribution in [1.29, 1.82) is 0 Å². The number of hydrogen-bond acceptors (Lipinski definition) is 4. The Morgan fingerprint density at radius 1 is 1.69 bits per heavy atom. The number of methoxy groups -OCH3 is 1. The zero-order chi connectivity index (χ0) is 11.5. The molecule has 0 aromatic carbocycles. The van der Waals surface area contributed by atoms with E-state index in [0.717, 1.165) is 16.6 Å². The Morgan fingerprint density at radius 3 is 3.25 bits per heavy atom. The first-order chi connectivity index (χ1) is 7.70. The van der Waals surface area contributed by atoms with E-state index >= 15 is 0 Å². The van der Waals surface area contributed by atoms with Crippen LogP contribution < -0.4 is 5.73 Å². The van der Waals surface area contributed by atoms with E-state index in [0.29, 0.717) is 0 Å². The number of carbonyl (C=O) groups excluding carboxylic acids is 1. The summed E-state index contributed by atoms with van der Waals surface area (Å²) in [7, 11) is 1.35. The summed E-state index contributed by atoms with van der Waals surface area (Å²) < 4.78 is 4.57. The third-order valence-electron chi connectivity index (χ3n) is 2.46. The Kier molecular flexibility index (Phi) is 2.87. The van der Waals surface area contributed by atoms with Gasteiger partial charge in [0.05, 0.1) is 13.5 Å². The number of H-pyrrole nitrogens is 1. The molecule has 0 bridgehead atoms. The van der Waals surface area contributed by atoms with Gasteiger partial charge >= 0.3 is 5.97 Å². The van der Waals surface area contributed by atoms with E-state index in [1.54, 1.807) is 6.20 Å². The highest BCUT2D eigenvalue weighted by atomic mass is 16.5. The number of esters is 1. The minimum Gasteiger partial charge on any atom is -0.469 e. The standard InChI is InChI=1S/C11H13N3O2/c1-16-10(15)5-9(12)8-4-7-2-3-13-11(7)14-6-8/h2-4,6,9H,5,12H2,1H3,(H,13,14)/t9-/m0/s1. The highest BCUT2D eigenvalue weighted by Gasteiger charge is 2.12. The number of nitrogens with one attached hydrogen (secondary N) is 1. The van der Waals surface area contributed by atoms with Crippen molar-refractivity contribution in [2.24, 2.45) is 5.73 Å². The molecule has 3 N–H and O–H groups in total. The maximum absolute atomic E-state index is 11.1. The maximum atomic E-state index is 11.1. The van der Waals surface area contributed by atoms with Gasteiger partial charge in [-0.25, -0.2) is 4.98 Å². The molecule has 2 heterocycles. The number of nitrogens with two attached hydrogens (primary N) is 1. The molecular formula is C11H13N3O2. The summed E-state index contributed by atoms with van der Waals surface area (Å²) in [5, 5.41) is 0.984. The number of hydrogen-bond donors (Lipinski definition) is 2. The second kappa shape index (κ2) is 4.32. The highest BCUT2D eigenvalue weighted by molar-refractivity contribution is 5.76. The van der Waals surface area contributed by atoms with E-state index in [-0.39, 0.29) is 18.4 Å². The number of nitrogens with zero attached hydrogens (tertiary/aromatic N) is 1. The Balaban J connectivity index is 2.22. The topological polar surface area (TPSA) is 81.0 Å². The molecule has 0 aliphatic rings. The van der Waals surface area contributed by atoms with Crippen LogP contribution in [0.2, 0.25) is 0 Å². The Bertz CT molecular complexity index is 507. The SMILES string of the molecule is COC(=O)C[C@H](N)c1cnc2[nH]ccc2c1. The van der Waals surface area contributed by atoms with Crippen LogP contribution in [0.25, 0.3) is 11.0 Å². The number of aromatic nitrogens is 2. The number of ether oxygens (including phenoxy) is 1. The number of rotatable bonds is 3. The van der Waals surface area contributed by atoms with Crippen LogP contribution in [-0.4, -0.2) is 23.0 Å². The van der Waals surface area contributed by atoms with Gasteiger partial charge < -0.3 is 15.5 Å². The van der Waals surface area contributed by atoms with Crippen LogP contribution in [0.1, 0.15) is 18.0 Å². The van der Waals surface area contributed by atoms with Crippen molar-refractivity contribution in [2.45, 2.75) is 12.5 Å². The average Bonchev–Trinajstić information content (AvgIpc) is 2.75. The van der Waals surface area contributed by atoms with Gasteiger partial charge in [-0.1, -0.05) is 0 Å². The average molecular weight is 219 g/mol. The third kappa shape index (κ3) is 2.04. The Morgan fingerprint density at radius 2 is 2.50 bits per heavy atom. The van der Waals surface area contributed by atoms with Crippen molar-refractivity contribution in [2.75, 3.05) is 7.11 Å². The fourth-order valence-corrected chi connectivity index (χ4v) is 1.54. The first-order valence-corrected chi connectivity index (χ1v) is 4.96. The van der Waals surface area contributed by atoms with Gasteiger partial charge in [0.1, 0.15) is 5.65 Å². The Hall–Kier alpha value is -1.88. The summed E-state index contributed by atoms with van der Waals surface area (Å²) in [5.41, 5.74) is 7.53. The number of aromatic amines is 1. The van der Waals surface area contributed by atoms with Gasteiger partial charge in [0, 0.05) is 23.8 Å². The van der Waals surface area contributed by atoms with Crippen LogP contribution in [0.4, 0.5) is 0 Å². The molecule has 5 nitrogen and oxygen atoms in total. The van der Waals surface area contributed by atoms with Crippen molar-refractivity contribution < 1.29 is 9.53 Å². The third-order valence-corrected chi connectivity index (χ3v) is 2.46. The van der Waals surface area contributed by atoms with Crippen LogP contribution in [0.15, 0.2) is 24.5 Å². The van der Waals surface area contributed by atoms with Gasteiger partial charge in [-0.05, 0) is 17.7 Å². The van der Waals surface area contributed by atoms with E-state index in [9.17, 15) is 4.79 Å². The van der Waals surface area contributed by atoms with E-state index < -0.39 is 0 Å². The van der Waals surface area contributed by atoms with Crippen LogP contribution in [-0.2, 0) is 9.53 Å². The molecule has 1 atom stereocenters. The highest BCUT2D eigenvalue weighted by Crippen LogP contribution is 2.18. The summed E-state index contributed by atoms with van der Waals surface area (Å²) in [6, 6.07) is 3.46. The summed E-state index contributed by atoms with van der Waals surface area (Å²) in [5.74, 6) is -0.318. The van der Waals surface area contributed by atoms with Crippen molar-refractivity contribution in [3.05, 3.63) is 30.1 Å². The first kappa shape index (κ1) is 10.6. The molecule has 0 aliphatic heterocycles. The molecule has 2 aromatic heterocycles. The molecule has 2 aromatic rings. The largest absolute Gasteiger partial charge is 0.469 e. The van der Waals surface area contributed by atoms with Crippen LogP contribution >= 0.6 is 0 Å². The monoisotopic (exact) mass is 219 g/mol. The van der Waals surface area contributed by atoms with Crippen LogP contribution in [0, 0.1) is 0 Å². The van der Waals surface area contributed by atoms with E-state index in [4.69, 9.17) is 5.73 Å². The normalized spacial score (nSPS) is 12.6. The first-order valence-electron chi connectivity index (χ1n) is 4.96. The summed E-state index contributed by atoms with van der Waals surface area (Å²) in [6.45, 7) is 0. The number of carbonyl (C=O) groups is 1. The lowest BCUT2D eigenvalue weighted by Gasteiger charge is -2.09. The molecule has 0 amide bonds. The molecule has 0 saturated carbocycles. The predicted octanol–water partition coefficient (Wildman–Crippen LogP) is 1.13. The number of fused-ring (bicyclic) bond motifs is 1. The van der Waals surface area contributed by atoms with Gasteiger partial charge in [-0.3, -0.25) is 4.79 Å². The molecule has 2 rings (SSSR count). The fraction of sp³-hybridized carbons (Fsp3) is 0.273.